The molecule has 1 fully saturated rings. The second-order valence-electron chi connectivity index (χ2n) is 6.90. The number of benzene rings is 1. The van der Waals surface area contributed by atoms with Crippen LogP contribution in [0.4, 0.5) is 22.0 Å². The Kier molecular flexibility index (Phi) is 6.46. The average molecular weight is 432 g/mol. The van der Waals surface area contributed by atoms with E-state index < -0.39 is 41.7 Å². The Balaban J connectivity index is 1.56. The summed E-state index contributed by atoms with van der Waals surface area (Å²) in [6.07, 6.45) is -2.33. The molecule has 2 amide bonds. The van der Waals surface area contributed by atoms with Crippen molar-refractivity contribution in [2.24, 2.45) is 5.10 Å². The zero-order valence-electron chi connectivity index (χ0n) is 15.6. The molecule has 1 saturated heterocycles. The van der Waals surface area contributed by atoms with E-state index in [-0.39, 0.29) is 30.5 Å². The molecule has 0 atom stereocenters. The molecule has 0 spiro atoms. The number of nitrogens with zero attached hydrogens (tertiary/aromatic N) is 2. The molecule has 0 radical (unpaired) electrons. The first-order chi connectivity index (χ1) is 14.1. The molecule has 12 heteroatoms. The van der Waals surface area contributed by atoms with E-state index in [1.54, 1.807) is 0 Å². The number of quaternary nitrogens is 1. The first-order valence-electron chi connectivity index (χ1n) is 9.11. The third-order valence-electron chi connectivity index (χ3n) is 4.68. The number of likely N-dealkylation sites (tertiary alicyclic amines) is 1. The maximum atomic E-state index is 13.8. The Morgan fingerprint density at radius 1 is 1.13 bits per heavy atom. The number of rotatable bonds is 5. The molecule has 0 aromatic heterocycles. The molecule has 0 bridgehead atoms. The van der Waals surface area contributed by atoms with Gasteiger partial charge in [-0.15, -0.1) is 0 Å². The number of amides is 2. The van der Waals surface area contributed by atoms with Crippen molar-refractivity contribution < 1.29 is 37.0 Å². The van der Waals surface area contributed by atoms with Crippen LogP contribution in [-0.2, 0) is 4.79 Å². The summed E-state index contributed by atoms with van der Waals surface area (Å²) in [7, 11) is 0. The smallest absolute Gasteiger partial charge is 0.348 e. The summed E-state index contributed by atoms with van der Waals surface area (Å²) in [5.41, 5.74) is 0.267. The predicted octanol–water partition coefficient (Wildman–Crippen LogP) is 0.612. The van der Waals surface area contributed by atoms with E-state index in [9.17, 15) is 31.5 Å². The number of carbonyl (C=O) groups excluding carboxylic acids is 2. The van der Waals surface area contributed by atoms with Crippen LogP contribution in [0.3, 0.4) is 0 Å². The Hall–Kier alpha value is -2.86. The second kappa shape index (κ2) is 8.88. The van der Waals surface area contributed by atoms with Gasteiger partial charge in [-0.3, -0.25) is 14.5 Å². The van der Waals surface area contributed by atoms with Crippen LogP contribution in [0.1, 0.15) is 23.2 Å². The van der Waals surface area contributed by atoms with Gasteiger partial charge < -0.3 is 10.6 Å². The Morgan fingerprint density at radius 2 is 1.77 bits per heavy atom. The molecule has 1 aromatic carbocycles. The summed E-state index contributed by atoms with van der Waals surface area (Å²) in [5.74, 6) is -3.82. The topological polar surface area (TPSA) is 90.4 Å². The van der Waals surface area contributed by atoms with Gasteiger partial charge in [0.2, 0.25) is 5.71 Å². The summed E-state index contributed by atoms with van der Waals surface area (Å²) in [6.45, 7) is -0.648. The molecule has 2 aliphatic heterocycles. The molecule has 0 saturated carbocycles. The van der Waals surface area contributed by atoms with E-state index >= 15 is 0 Å². The van der Waals surface area contributed by atoms with Crippen LogP contribution in [-0.4, -0.2) is 54.3 Å². The van der Waals surface area contributed by atoms with E-state index in [1.165, 1.54) is 16.5 Å². The lowest BCUT2D eigenvalue weighted by molar-refractivity contribution is -0.590. The maximum Gasteiger partial charge on any atom is 0.401 e. The van der Waals surface area contributed by atoms with Gasteiger partial charge in [-0.1, -0.05) is 11.2 Å². The van der Waals surface area contributed by atoms with Crippen LogP contribution in [0.5, 0.6) is 0 Å². The molecule has 2 aliphatic rings. The molecule has 2 heterocycles. The zero-order valence-corrected chi connectivity index (χ0v) is 15.6. The minimum atomic E-state index is -4.28. The standard InChI is InChI=1S/C18H18F5N5O2/c19-11-2-1-3-12(20)14(11)16(29)26-13-8-24-27-15(13)17(30)25-10-4-6-28(7-5-10)9-18(21,22)23/h1-3,8,10H,4-7,9H2,(H,24,27)(H,25,30)(H,26,29)/p+1. The Labute approximate surface area is 168 Å². The van der Waals surface area contributed by atoms with Crippen molar-refractivity contribution in [3.63, 3.8) is 0 Å². The van der Waals surface area contributed by atoms with E-state index in [4.69, 9.17) is 0 Å². The van der Waals surface area contributed by atoms with Crippen molar-refractivity contribution >= 4 is 17.5 Å². The highest BCUT2D eigenvalue weighted by atomic mass is 19.4. The lowest BCUT2D eigenvalue weighted by Crippen LogP contribution is -2.69. The van der Waals surface area contributed by atoms with Crippen molar-refractivity contribution in [1.29, 1.82) is 0 Å². The molecular weight excluding hydrogens is 413 g/mol. The fourth-order valence-electron chi connectivity index (χ4n) is 3.26. The zero-order chi connectivity index (χ0) is 21.9. The third kappa shape index (κ3) is 5.39. The molecule has 7 nitrogen and oxygen atoms in total. The van der Waals surface area contributed by atoms with Crippen LogP contribution >= 0.6 is 0 Å². The molecule has 3 rings (SSSR count). The van der Waals surface area contributed by atoms with Gasteiger partial charge in [0.25, 0.3) is 11.8 Å². The first-order valence-corrected chi connectivity index (χ1v) is 9.11. The van der Waals surface area contributed by atoms with Crippen LogP contribution in [0, 0.1) is 11.6 Å². The largest absolute Gasteiger partial charge is 0.401 e. The number of carbonyl (C=O) groups is 2. The fourth-order valence-corrected chi connectivity index (χ4v) is 3.26. The van der Waals surface area contributed by atoms with Gasteiger partial charge in [0.15, 0.2) is 0 Å². The van der Waals surface area contributed by atoms with Crippen molar-refractivity contribution in [3.05, 3.63) is 47.3 Å². The van der Waals surface area contributed by atoms with Gasteiger partial charge >= 0.3 is 6.18 Å². The predicted molar refractivity (Wildman–Crippen MR) is 94.9 cm³/mol. The van der Waals surface area contributed by atoms with Crippen LogP contribution in [0.2, 0.25) is 0 Å². The number of halogens is 5. The summed E-state index contributed by atoms with van der Waals surface area (Å²) in [4.78, 5) is 26.0. The quantitative estimate of drug-likeness (QED) is 0.471. The van der Waals surface area contributed by atoms with Gasteiger partial charge in [0.05, 0.1) is 6.54 Å². The maximum absolute atomic E-state index is 13.8. The van der Waals surface area contributed by atoms with E-state index in [2.05, 4.69) is 15.7 Å². The van der Waals surface area contributed by atoms with Crippen molar-refractivity contribution in [1.82, 2.24) is 15.5 Å². The highest BCUT2D eigenvalue weighted by Crippen LogP contribution is 2.20. The number of hydrogen-bond acceptors (Lipinski definition) is 4. The Morgan fingerprint density at radius 3 is 2.37 bits per heavy atom. The third-order valence-corrected chi connectivity index (χ3v) is 4.68. The lowest BCUT2D eigenvalue weighted by atomic mass is 10.0. The number of nitrogens with one attached hydrogen (secondary N) is 2. The van der Waals surface area contributed by atoms with Crippen molar-refractivity contribution in [2.45, 2.75) is 25.1 Å². The molecular formula is C18H19F5N5O2+. The molecule has 0 unspecified atom stereocenters. The summed E-state index contributed by atoms with van der Waals surface area (Å²) >= 11 is 0. The number of nitrogens with two attached hydrogens (primary N) is 1. The van der Waals surface area contributed by atoms with E-state index in [0.29, 0.717) is 12.8 Å². The van der Waals surface area contributed by atoms with Gasteiger partial charge in [0.1, 0.15) is 29.1 Å². The summed E-state index contributed by atoms with van der Waals surface area (Å²) < 4.78 is 64.9. The normalized spacial score (nSPS) is 18.0. The number of hydrogen-bond donors (Lipinski definition) is 3. The lowest BCUT2D eigenvalue weighted by Gasteiger charge is -2.32. The highest BCUT2D eigenvalue weighted by molar-refractivity contribution is 6.45. The Bertz CT molecular complexity index is 871. The second-order valence-corrected chi connectivity index (χ2v) is 6.90. The molecule has 30 heavy (non-hydrogen) atoms. The van der Waals surface area contributed by atoms with Gasteiger partial charge in [-0.25, -0.2) is 8.78 Å². The monoisotopic (exact) mass is 432 g/mol. The first kappa shape index (κ1) is 21.8. The average Bonchev–Trinajstić information content (AvgIpc) is 3.10. The molecule has 4 N–H and O–H groups in total. The van der Waals surface area contributed by atoms with Crippen LogP contribution in [0.25, 0.3) is 0 Å². The van der Waals surface area contributed by atoms with Crippen molar-refractivity contribution in [3.8, 4) is 0 Å². The van der Waals surface area contributed by atoms with E-state index in [1.807, 2.05) is 0 Å². The van der Waals surface area contributed by atoms with Gasteiger partial charge in [-0.05, 0) is 25.0 Å². The van der Waals surface area contributed by atoms with Crippen LogP contribution in [0.15, 0.2) is 35.2 Å². The van der Waals surface area contributed by atoms with Gasteiger partial charge in [-0.2, -0.15) is 18.6 Å². The summed E-state index contributed by atoms with van der Waals surface area (Å²) in [6, 6.07) is 2.62. The molecule has 0 aliphatic carbocycles. The molecule has 162 valence electrons. The van der Waals surface area contributed by atoms with Crippen LogP contribution < -0.4 is 16.1 Å². The number of alkyl halides is 3. The van der Waals surface area contributed by atoms with E-state index in [0.717, 1.165) is 18.2 Å². The molecule has 1 aromatic rings. The fraction of sp³-hybridized carbons (Fsp3) is 0.389. The SMILES string of the molecule is O=C(NC1CCN(CC(F)(F)F)CC1)C1=N[NH2+]C=C1NC(=O)c1c(F)cccc1F. The highest BCUT2D eigenvalue weighted by Gasteiger charge is 2.34. The number of piperidine rings is 1. The minimum absolute atomic E-state index is 0.0327. The van der Waals surface area contributed by atoms with Gasteiger partial charge in [0, 0.05) is 19.1 Å². The minimum Gasteiger partial charge on any atom is -0.348 e. The van der Waals surface area contributed by atoms with Crippen molar-refractivity contribution in [2.75, 3.05) is 19.6 Å². The summed E-state index contributed by atoms with van der Waals surface area (Å²) in [5, 5.41) is 8.80.